The summed E-state index contributed by atoms with van der Waals surface area (Å²) in [6.45, 7) is 1.86. The van der Waals surface area contributed by atoms with Crippen molar-refractivity contribution in [2.45, 2.75) is 6.92 Å². The van der Waals surface area contributed by atoms with Gasteiger partial charge in [0.15, 0.2) is 12.4 Å². The quantitative estimate of drug-likeness (QED) is 0.568. The largest absolute Gasteiger partial charge is 0.465 e. The van der Waals surface area contributed by atoms with E-state index in [9.17, 15) is 4.79 Å². The molecular weight excluding hydrogens is 170 g/mol. The van der Waals surface area contributed by atoms with Crippen LogP contribution in [-0.2, 0) is 4.79 Å². The number of ether oxygens (including phenoxy) is 1. The van der Waals surface area contributed by atoms with Crippen LogP contribution in [0.25, 0.3) is 0 Å². The molecule has 0 N–H and O–H groups in total. The van der Waals surface area contributed by atoms with Gasteiger partial charge in [-0.1, -0.05) is 0 Å². The maximum absolute atomic E-state index is 11.2. The van der Waals surface area contributed by atoms with E-state index in [1.54, 1.807) is 13.2 Å². The molecule has 5 nitrogen and oxygen atoms in total. The Bertz CT molecular complexity index is 364. The number of aromatic nitrogens is 2. The molecule has 0 bridgehead atoms. The highest BCUT2D eigenvalue weighted by Crippen LogP contribution is 2.25. The Labute approximate surface area is 75.4 Å². The van der Waals surface area contributed by atoms with Gasteiger partial charge in [0.25, 0.3) is 11.8 Å². The molecule has 0 unspecified atom stereocenters. The van der Waals surface area contributed by atoms with Gasteiger partial charge in [0, 0.05) is 7.05 Å². The number of rotatable bonds is 0. The molecule has 68 valence electrons. The summed E-state index contributed by atoms with van der Waals surface area (Å²) >= 11 is 0. The third-order valence-electron chi connectivity index (χ3n) is 1.87. The van der Waals surface area contributed by atoms with E-state index in [2.05, 4.69) is 9.97 Å². The zero-order valence-electron chi connectivity index (χ0n) is 7.44. The summed E-state index contributed by atoms with van der Waals surface area (Å²) in [4.78, 5) is 20.8. The first-order chi connectivity index (χ1) is 6.18. The molecule has 1 aromatic rings. The van der Waals surface area contributed by atoms with Crippen LogP contribution in [0, 0.1) is 6.92 Å². The zero-order valence-corrected chi connectivity index (χ0v) is 7.44. The van der Waals surface area contributed by atoms with Crippen LogP contribution in [0.5, 0.6) is 5.88 Å². The zero-order chi connectivity index (χ0) is 9.42. The van der Waals surface area contributed by atoms with E-state index < -0.39 is 0 Å². The fraction of sp³-hybridized carbons (Fsp3) is 0.375. The summed E-state index contributed by atoms with van der Waals surface area (Å²) in [6, 6.07) is 0. The second kappa shape index (κ2) is 2.69. The van der Waals surface area contributed by atoms with Crippen molar-refractivity contribution < 1.29 is 9.53 Å². The third-order valence-corrected chi connectivity index (χ3v) is 1.87. The predicted molar refractivity (Wildman–Crippen MR) is 45.7 cm³/mol. The van der Waals surface area contributed by atoms with E-state index in [-0.39, 0.29) is 12.5 Å². The minimum absolute atomic E-state index is 0.0429. The van der Waals surface area contributed by atoms with Crippen LogP contribution in [0.4, 0.5) is 5.82 Å². The molecule has 0 aromatic carbocycles. The van der Waals surface area contributed by atoms with Crippen LogP contribution >= 0.6 is 0 Å². The lowest BCUT2D eigenvalue weighted by atomic mass is 10.4. The van der Waals surface area contributed by atoms with Gasteiger partial charge in [-0.15, -0.1) is 0 Å². The van der Waals surface area contributed by atoms with Gasteiger partial charge >= 0.3 is 0 Å². The summed E-state index contributed by atoms with van der Waals surface area (Å²) in [6.07, 6.45) is 1.61. The number of carbonyl (C=O) groups is 1. The topological polar surface area (TPSA) is 55.3 Å². The number of fused-ring (bicyclic) bond motifs is 1. The first-order valence-electron chi connectivity index (χ1n) is 3.91. The molecule has 2 rings (SSSR count). The smallest absolute Gasteiger partial charge is 0.266 e. The number of anilines is 1. The lowest BCUT2D eigenvalue weighted by Crippen LogP contribution is -2.36. The van der Waals surface area contributed by atoms with Crippen LogP contribution in [0.15, 0.2) is 6.20 Å². The van der Waals surface area contributed by atoms with E-state index >= 15 is 0 Å². The fourth-order valence-corrected chi connectivity index (χ4v) is 1.12. The van der Waals surface area contributed by atoms with Crippen molar-refractivity contribution in [2.24, 2.45) is 0 Å². The molecule has 1 aliphatic heterocycles. The molecule has 13 heavy (non-hydrogen) atoms. The van der Waals surface area contributed by atoms with Crippen molar-refractivity contribution in [3.05, 3.63) is 11.9 Å². The maximum atomic E-state index is 11.2. The molecule has 0 saturated carbocycles. The van der Waals surface area contributed by atoms with Crippen molar-refractivity contribution in [3.63, 3.8) is 0 Å². The van der Waals surface area contributed by atoms with E-state index in [1.165, 1.54) is 4.90 Å². The Balaban J connectivity index is 2.51. The number of nitrogens with zero attached hydrogens (tertiary/aromatic N) is 3. The van der Waals surface area contributed by atoms with Gasteiger partial charge in [-0.25, -0.2) is 9.97 Å². The summed E-state index contributed by atoms with van der Waals surface area (Å²) < 4.78 is 5.10. The molecule has 1 aliphatic rings. The minimum atomic E-state index is -0.104. The number of likely N-dealkylation sites (N-methyl/N-ethyl adjacent to an activating group) is 1. The van der Waals surface area contributed by atoms with Crippen LogP contribution in [0.1, 0.15) is 5.69 Å². The van der Waals surface area contributed by atoms with Crippen LogP contribution in [0.3, 0.4) is 0 Å². The molecule has 0 aliphatic carbocycles. The summed E-state index contributed by atoms with van der Waals surface area (Å²) in [5.74, 6) is 0.816. The Morgan fingerprint density at radius 2 is 2.38 bits per heavy atom. The SMILES string of the molecule is Cc1cnc2c(n1)N(C)C(=O)CO2. The number of hydrogen-bond acceptors (Lipinski definition) is 4. The first kappa shape index (κ1) is 7.97. The Morgan fingerprint density at radius 1 is 1.62 bits per heavy atom. The summed E-state index contributed by atoms with van der Waals surface area (Å²) in [5, 5.41) is 0. The molecule has 0 atom stereocenters. The van der Waals surface area contributed by atoms with E-state index in [0.29, 0.717) is 11.7 Å². The monoisotopic (exact) mass is 179 g/mol. The Hall–Kier alpha value is -1.65. The van der Waals surface area contributed by atoms with Crippen molar-refractivity contribution in [3.8, 4) is 5.88 Å². The standard InChI is InChI=1S/C8H9N3O2/c1-5-3-9-8-7(10-5)11(2)6(12)4-13-8/h3H,4H2,1-2H3. The molecule has 2 heterocycles. The molecular formula is C8H9N3O2. The van der Waals surface area contributed by atoms with Crippen molar-refractivity contribution in [2.75, 3.05) is 18.6 Å². The number of amides is 1. The highest BCUT2D eigenvalue weighted by atomic mass is 16.5. The van der Waals surface area contributed by atoms with E-state index in [0.717, 1.165) is 5.69 Å². The third kappa shape index (κ3) is 1.22. The second-order valence-corrected chi connectivity index (χ2v) is 2.88. The van der Waals surface area contributed by atoms with Crippen molar-refractivity contribution in [1.82, 2.24) is 9.97 Å². The predicted octanol–water partition coefficient (Wildman–Crippen LogP) is 0.140. The van der Waals surface area contributed by atoms with Gasteiger partial charge in [0.1, 0.15) is 0 Å². The molecule has 1 aromatic heterocycles. The van der Waals surface area contributed by atoms with Crippen LogP contribution in [-0.4, -0.2) is 29.5 Å². The lowest BCUT2D eigenvalue weighted by molar-refractivity contribution is -0.121. The molecule has 0 saturated heterocycles. The van der Waals surface area contributed by atoms with Crippen LogP contribution < -0.4 is 9.64 Å². The van der Waals surface area contributed by atoms with Gasteiger partial charge in [-0.2, -0.15) is 0 Å². The fourth-order valence-electron chi connectivity index (χ4n) is 1.12. The van der Waals surface area contributed by atoms with Crippen molar-refractivity contribution >= 4 is 11.7 Å². The normalized spacial score (nSPS) is 15.2. The highest BCUT2D eigenvalue weighted by molar-refractivity contribution is 5.95. The van der Waals surface area contributed by atoms with Gasteiger partial charge in [0.2, 0.25) is 0 Å². The number of carbonyl (C=O) groups excluding carboxylic acids is 1. The average molecular weight is 179 g/mol. The van der Waals surface area contributed by atoms with Crippen molar-refractivity contribution in [1.29, 1.82) is 0 Å². The van der Waals surface area contributed by atoms with Gasteiger partial charge in [-0.3, -0.25) is 9.69 Å². The van der Waals surface area contributed by atoms with Gasteiger partial charge < -0.3 is 4.74 Å². The van der Waals surface area contributed by atoms with E-state index in [1.807, 2.05) is 6.92 Å². The number of aryl methyl sites for hydroxylation is 1. The average Bonchev–Trinajstić information content (AvgIpc) is 2.12. The van der Waals surface area contributed by atoms with E-state index in [4.69, 9.17) is 4.74 Å². The molecule has 0 spiro atoms. The molecule has 0 radical (unpaired) electrons. The number of hydrogen-bond donors (Lipinski definition) is 0. The summed E-state index contributed by atoms with van der Waals surface area (Å²) in [7, 11) is 1.66. The second-order valence-electron chi connectivity index (χ2n) is 2.88. The molecule has 1 amide bonds. The molecule has 5 heteroatoms. The Morgan fingerprint density at radius 3 is 3.15 bits per heavy atom. The first-order valence-corrected chi connectivity index (χ1v) is 3.91. The maximum Gasteiger partial charge on any atom is 0.266 e. The summed E-state index contributed by atoms with van der Waals surface area (Å²) in [5.41, 5.74) is 0.768. The highest BCUT2D eigenvalue weighted by Gasteiger charge is 2.24. The lowest BCUT2D eigenvalue weighted by Gasteiger charge is -2.23. The molecule has 0 fully saturated rings. The van der Waals surface area contributed by atoms with Gasteiger partial charge in [0.05, 0.1) is 11.9 Å². The van der Waals surface area contributed by atoms with Crippen LogP contribution in [0.2, 0.25) is 0 Å². The van der Waals surface area contributed by atoms with Gasteiger partial charge in [-0.05, 0) is 6.92 Å². The Kier molecular flexibility index (Phi) is 1.65. The minimum Gasteiger partial charge on any atom is -0.465 e.